The number of hydrogen-bond donors (Lipinski definition) is 1. The molecule has 0 bridgehead atoms. The molecule has 2 aromatic rings. The number of rotatable bonds is 5. The van der Waals surface area contributed by atoms with Crippen molar-refractivity contribution in [2.45, 2.75) is 19.4 Å². The molecule has 6 nitrogen and oxygen atoms in total. The standard InChI is InChI=1S/C13H19N5OS/c1-2-10(1)7-14-12-16-18-11(8-15-13(18)20-12)9-17-3-5-19-6-4-17/h8,10H,1-7,9H2,(H,14,16). The van der Waals surface area contributed by atoms with Crippen molar-refractivity contribution in [2.24, 2.45) is 5.92 Å². The molecule has 7 heteroatoms. The Balaban J connectivity index is 1.47. The number of nitrogens with zero attached hydrogens (tertiary/aromatic N) is 4. The summed E-state index contributed by atoms with van der Waals surface area (Å²) < 4.78 is 7.36. The first-order valence-electron chi connectivity index (χ1n) is 7.26. The number of aromatic nitrogens is 3. The van der Waals surface area contributed by atoms with E-state index in [0.29, 0.717) is 0 Å². The zero-order valence-corrected chi connectivity index (χ0v) is 12.2. The van der Waals surface area contributed by atoms with Crippen molar-refractivity contribution in [3.8, 4) is 0 Å². The Labute approximate surface area is 121 Å². The third-order valence-corrected chi connectivity index (χ3v) is 4.76. The van der Waals surface area contributed by atoms with E-state index in [-0.39, 0.29) is 0 Å². The average molecular weight is 293 g/mol. The average Bonchev–Trinajstić information content (AvgIpc) is 3.11. The second-order valence-corrected chi connectivity index (χ2v) is 6.52. The third kappa shape index (κ3) is 2.65. The molecule has 0 amide bonds. The van der Waals surface area contributed by atoms with Gasteiger partial charge >= 0.3 is 0 Å². The zero-order valence-electron chi connectivity index (χ0n) is 11.4. The minimum atomic E-state index is 0.827. The summed E-state index contributed by atoms with van der Waals surface area (Å²) >= 11 is 1.64. The van der Waals surface area contributed by atoms with Gasteiger partial charge in [0.2, 0.25) is 10.1 Å². The number of ether oxygens (including phenoxy) is 1. The quantitative estimate of drug-likeness (QED) is 0.904. The first kappa shape index (κ1) is 12.6. The van der Waals surface area contributed by atoms with Crippen molar-refractivity contribution < 1.29 is 4.74 Å². The van der Waals surface area contributed by atoms with Crippen LogP contribution < -0.4 is 5.32 Å². The number of fused-ring (bicyclic) bond motifs is 1. The molecule has 2 aromatic heterocycles. The lowest BCUT2D eigenvalue weighted by Crippen LogP contribution is -2.36. The van der Waals surface area contributed by atoms with E-state index in [1.54, 1.807) is 11.3 Å². The highest BCUT2D eigenvalue weighted by molar-refractivity contribution is 7.20. The molecule has 2 aliphatic rings. The summed E-state index contributed by atoms with van der Waals surface area (Å²) in [6.45, 7) is 5.58. The van der Waals surface area contributed by atoms with E-state index in [9.17, 15) is 0 Å². The molecule has 1 aliphatic heterocycles. The molecule has 1 saturated carbocycles. The van der Waals surface area contributed by atoms with Gasteiger partial charge in [0.15, 0.2) is 0 Å². The smallest absolute Gasteiger partial charge is 0.214 e. The maximum Gasteiger partial charge on any atom is 0.214 e. The second-order valence-electron chi connectivity index (χ2n) is 5.56. The molecule has 0 unspecified atom stereocenters. The Morgan fingerprint density at radius 2 is 2.20 bits per heavy atom. The lowest BCUT2D eigenvalue weighted by molar-refractivity contribution is 0.0334. The Bertz CT molecular complexity index is 585. The molecule has 108 valence electrons. The van der Waals surface area contributed by atoms with Crippen molar-refractivity contribution in [3.05, 3.63) is 11.9 Å². The zero-order chi connectivity index (χ0) is 13.4. The van der Waals surface area contributed by atoms with Crippen molar-refractivity contribution in [1.29, 1.82) is 0 Å². The van der Waals surface area contributed by atoms with Crippen molar-refractivity contribution >= 4 is 21.4 Å². The van der Waals surface area contributed by atoms with Crippen LogP contribution in [-0.2, 0) is 11.3 Å². The summed E-state index contributed by atoms with van der Waals surface area (Å²) in [7, 11) is 0. The van der Waals surface area contributed by atoms with Crippen LogP contribution >= 0.6 is 11.3 Å². The van der Waals surface area contributed by atoms with E-state index in [2.05, 4.69) is 20.3 Å². The number of hydrogen-bond acceptors (Lipinski definition) is 6. The van der Waals surface area contributed by atoms with Gasteiger partial charge in [0.1, 0.15) is 0 Å². The van der Waals surface area contributed by atoms with Gasteiger partial charge in [0.05, 0.1) is 25.1 Å². The number of imidazole rings is 1. The Morgan fingerprint density at radius 3 is 3.00 bits per heavy atom. The van der Waals surface area contributed by atoms with Crippen LogP contribution in [0.1, 0.15) is 18.5 Å². The molecule has 20 heavy (non-hydrogen) atoms. The SMILES string of the molecule is c1nc2sc(NCC3CC3)nn2c1CN1CCOCC1. The molecule has 1 aliphatic carbocycles. The van der Waals surface area contributed by atoms with Crippen molar-refractivity contribution in [3.63, 3.8) is 0 Å². The highest BCUT2D eigenvalue weighted by atomic mass is 32.1. The molecule has 0 atom stereocenters. The minimum absolute atomic E-state index is 0.827. The summed E-state index contributed by atoms with van der Waals surface area (Å²) in [5, 5.41) is 9.06. The molecule has 3 heterocycles. The maximum absolute atomic E-state index is 5.38. The van der Waals surface area contributed by atoms with Gasteiger partial charge in [-0.25, -0.2) is 9.50 Å². The van der Waals surface area contributed by atoms with E-state index >= 15 is 0 Å². The van der Waals surface area contributed by atoms with Crippen LogP contribution in [0.3, 0.4) is 0 Å². The normalized spacial score (nSPS) is 20.6. The fraction of sp³-hybridized carbons (Fsp3) is 0.692. The molecule has 1 N–H and O–H groups in total. The van der Waals surface area contributed by atoms with Crippen LogP contribution in [-0.4, -0.2) is 52.3 Å². The molecule has 0 spiro atoms. The molecule has 0 aromatic carbocycles. The fourth-order valence-electron chi connectivity index (χ4n) is 2.46. The Morgan fingerprint density at radius 1 is 1.35 bits per heavy atom. The van der Waals surface area contributed by atoms with Gasteiger partial charge in [-0.05, 0) is 18.8 Å². The van der Waals surface area contributed by atoms with Gasteiger partial charge in [-0.3, -0.25) is 4.90 Å². The molecule has 0 radical (unpaired) electrons. The molecule has 1 saturated heterocycles. The van der Waals surface area contributed by atoms with Gasteiger partial charge in [0.25, 0.3) is 0 Å². The monoisotopic (exact) mass is 293 g/mol. The summed E-state index contributed by atoms with van der Waals surface area (Å²) in [6.07, 6.45) is 4.66. The summed E-state index contributed by atoms with van der Waals surface area (Å²) in [5.41, 5.74) is 1.16. The lowest BCUT2D eigenvalue weighted by atomic mass is 10.3. The predicted octanol–water partition coefficient (Wildman–Crippen LogP) is 1.44. The Hall–Kier alpha value is -1.18. The van der Waals surface area contributed by atoms with E-state index < -0.39 is 0 Å². The van der Waals surface area contributed by atoms with Crippen LogP contribution in [0.2, 0.25) is 0 Å². The van der Waals surface area contributed by atoms with Crippen LogP contribution in [0.4, 0.5) is 5.13 Å². The molecule has 2 fully saturated rings. The summed E-state index contributed by atoms with van der Waals surface area (Å²) in [5.74, 6) is 0.860. The Kier molecular flexibility index (Phi) is 3.33. The van der Waals surface area contributed by atoms with Crippen LogP contribution in [0.5, 0.6) is 0 Å². The van der Waals surface area contributed by atoms with E-state index in [1.165, 1.54) is 12.8 Å². The maximum atomic E-state index is 5.38. The van der Waals surface area contributed by atoms with Crippen molar-refractivity contribution in [1.82, 2.24) is 19.5 Å². The number of morpholine rings is 1. The number of nitrogens with one attached hydrogen (secondary N) is 1. The molecular formula is C13H19N5OS. The third-order valence-electron chi connectivity index (χ3n) is 3.88. The van der Waals surface area contributed by atoms with E-state index in [1.807, 2.05) is 10.7 Å². The van der Waals surface area contributed by atoms with Crippen LogP contribution in [0, 0.1) is 5.92 Å². The van der Waals surface area contributed by atoms with Crippen molar-refractivity contribution in [2.75, 3.05) is 38.2 Å². The van der Waals surface area contributed by atoms with Gasteiger partial charge in [0, 0.05) is 26.2 Å². The van der Waals surface area contributed by atoms with E-state index in [4.69, 9.17) is 4.74 Å². The van der Waals surface area contributed by atoms with E-state index in [0.717, 1.165) is 61.1 Å². The largest absolute Gasteiger partial charge is 0.379 e. The van der Waals surface area contributed by atoms with Gasteiger partial charge < -0.3 is 10.1 Å². The molecule has 4 rings (SSSR count). The first-order chi connectivity index (χ1) is 9.88. The highest BCUT2D eigenvalue weighted by Crippen LogP contribution is 2.29. The lowest BCUT2D eigenvalue weighted by Gasteiger charge is -2.25. The van der Waals surface area contributed by atoms with Gasteiger partial charge in [-0.15, -0.1) is 5.10 Å². The first-order valence-corrected chi connectivity index (χ1v) is 8.07. The molecular weight excluding hydrogens is 274 g/mol. The summed E-state index contributed by atoms with van der Waals surface area (Å²) in [4.78, 5) is 7.84. The topological polar surface area (TPSA) is 54.7 Å². The second kappa shape index (κ2) is 5.31. The number of anilines is 1. The van der Waals surface area contributed by atoms with Crippen LogP contribution in [0.25, 0.3) is 4.96 Å². The fourth-order valence-corrected chi connectivity index (χ4v) is 3.26. The summed E-state index contributed by atoms with van der Waals surface area (Å²) in [6, 6.07) is 0. The van der Waals surface area contributed by atoms with Gasteiger partial charge in [-0.1, -0.05) is 11.3 Å². The highest BCUT2D eigenvalue weighted by Gasteiger charge is 2.21. The minimum Gasteiger partial charge on any atom is -0.379 e. The van der Waals surface area contributed by atoms with Gasteiger partial charge in [-0.2, -0.15) is 0 Å². The van der Waals surface area contributed by atoms with Crippen LogP contribution in [0.15, 0.2) is 6.20 Å². The predicted molar refractivity (Wildman–Crippen MR) is 78.2 cm³/mol.